The topological polar surface area (TPSA) is 72.3 Å². The molecular formula is C19H19N3O3S2. The van der Waals surface area contributed by atoms with Crippen molar-refractivity contribution in [2.24, 2.45) is 0 Å². The van der Waals surface area contributed by atoms with Gasteiger partial charge in [-0.3, -0.25) is 4.79 Å². The zero-order valence-electron chi connectivity index (χ0n) is 14.8. The van der Waals surface area contributed by atoms with E-state index in [9.17, 15) is 13.2 Å². The van der Waals surface area contributed by atoms with Gasteiger partial charge in [-0.05, 0) is 30.0 Å². The van der Waals surface area contributed by atoms with Gasteiger partial charge in [-0.15, -0.1) is 11.3 Å². The second kappa shape index (κ2) is 7.03. The van der Waals surface area contributed by atoms with Crippen LogP contribution in [0.3, 0.4) is 0 Å². The maximum atomic E-state index is 12.6. The van der Waals surface area contributed by atoms with Gasteiger partial charge in [0.15, 0.2) is 0 Å². The van der Waals surface area contributed by atoms with E-state index in [-0.39, 0.29) is 30.4 Å². The van der Waals surface area contributed by atoms with Gasteiger partial charge in [-0.25, -0.2) is 13.1 Å². The van der Waals surface area contributed by atoms with E-state index in [2.05, 4.69) is 5.10 Å². The number of thiophene rings is 1. The van der Waals surface area contributed by atoms with E-state index < -0.39 is 10.0 Å². The molecule has 0 saturated carbocycles. The first-order chi connectivity index (χ1) is 12.9. The quantitative estimate of drug-likeness (QED) is 0.659. The second-order valence-electron chi connectivity index (χ2n) is 6.69. The third kappa shape index (κ3) is 3.73. The summed E-state index contributed by atoms with van der Waals surface area (Å²) in [5, 5.41) is 6.40. The van der Waals surface area contributed by atoms with Crippen molar-refractivity contribution in [3.05, 3.63) is 75.4 Å². The van der Waals surface area contributed by atoms with Gasteiger partial charge in [0, 0.05) is 19.2 Å². The minimum Gasteiger partial charge on any atom is -0.268 e. The molecule has 1 aromatic carbocycles. The zero-order chi connectivity index (χ0) is 19.0. The van der Waals surface area contributed by atoms with Crippen LogP contribution in [-0.4, -0.2) is 35.6 Å². The number of hydrogen-bond acceptors (Lipinski definition) is 5. The highest BCUT2D eigenvalue weighted by molar-refractivity contribution is 7.88. The van der Waals surface area contributed by atoms with Gasteiger partial charge in [0.25, 0.3) is 5.56 Å². The maximum absolute atomic E-state index is 12.6. The Bertz CT molecular complexity index is 1120. The first-order valence-electron chi connectivity index (χ1n) is 8.59. The third-order valence-corrected chi connectivity index (χ3v) is 7.27. The number of hydrogen-bond donors (Lipinski definition) is 0. The van der Waals surface area contributed by atoms with Gasteiger partial charge in [0.05, 0.1) is 16.7 Å². The van der Waals surface area contributed by atoms with Crippen molar-refractivity contribution in [2.45, 2.75) is 18.7 Å². The van der Waals surface area contributed by atoms with Crippen molar-refractivity contribution in [3.63, 3.8) is 0 Å². The summed E-state index contributed by atoms with van der Waals surface area (Å²) in [5.74, 6) is -0.0288. The van der Waals surface area contributed by atoms with Crippen LogP contribution in [0.1, 0.15) is 17.2 Å². The molecule has 2 aromatic heterocycles. The monoisotopic (exact) mass is 401 g/mol. The predicted octanol–water partition coefficient (Wildman–Crippen LogP) is 2.67. The van der Waals surface area contributed by atoms with E-state index in [1.807, 2.05) is 48.7 Å². The average Bonchev–Trinajstić information content (AvgIpc) is 3.09. The van der Waals surface area contributed by atoms with Crippen molar-refractivity contribution in [1.82, 2.24) is 14.1 Å². The molecule has 27 heavy (non-hydrogen) atoms. The largest absolute Gasteiger partial charge is 0.268 e. The summed E-state index contributed by atoms with van der Waals surface area (Å²) >= 11 is 1.55. The number of nitrogens with zero attached hydrogens (tertiary/aromatic N) is 3. The summed E-state index contributed by atoms with van der Waals surface area (Å²) in [6.45, 7) is 2.48. The third-order valence-electron chi connectivity index (χ3n) is 4.60. The van der Waals surface area contributed by atoms with E-state index in [1.165, 1.54) is 15.1 Å². The van der Waals surface area contributed by atoms with Gasteiger partial charge in [-0.1, -0.05) is 35.9 Å². The van der Waals surface area contributed by atoms with Gasteiger partial charge < -0.3 is 0 Å². The van der Waals surface area contributed by atoms with E-state index in [0.29, 0.717) is 0 Å². The maximum Gasteiger partial charge on any atom is 0.267 e. The molecule has 3 heterocycles. The van der Waals surface area contributed by atoms with E-state index in [4.69, 9.17) is 0 Å². The Morgan fingerprint density at radius 1 is 1.15 bits per heavy atom. The smallest absolute Gasteiger partial charge is 0.267 e. The van der Waals surface area contributed by atoms with Gasteiger partial charge in [0.1, 0.15) is 5.69 Å². The van der Waals surface area contributed by atoms with Crippen molar-refractivity contribution >= 4 is 21.4 Å². The van der Waals surface area contributed by atoms with E-state index >= 15 is 0 Å². The van der Waals surface area contributed by atoms with Crippen LogP contribution in [-0.2, 0) is 15.8 Å². The van der Waals surface area contributed by atoms with Gasteiger partial charge >= 0.3 is 0 Å². The van der Waals surface area contributed by atoms with Crippen molar-refractivity contribution < 1.29 is 8.42 Å². The average molecular weight is 402 g/mol. The molecule has 8 heteroatoms. The van der Waals surface area contributed by atoms with Crippen LogP contribution >= 0.6 is 11.3 Å². The fourth-order valence-electron chi connectivity index (χ4n) is 3.14. The molecule has 3 aromatic rings. The molecule has 1 fully saturated rings. The van der Waals surface area contributed by atoms with Crippen molar-refractivity contribution in [3.8, 4) is 10.6 Å². The lowest BCUT2D eigenvalue weighted by Gasteiger charge is -2.38. The summed E-state index contributed by atoms with van der Waals surface area (Å²) in [6.07, 6.45) is 0. The van der Waals surface area contributed by atoms with Crippen LogP contribution < -0.4 is 5.56 Å². The van der Waals surface area contributed by atoms with Gasteiger partial charge in [-0.2, -0.15) is 9.40 Å². The number of benzene rings is 1. The Morgan fingerprint density at radius 2 is 1.96 bits per heavy atom. The fraction of sp³-hybridized carbons (Fsp3) is 0.263. The lowest BCUT2D eigenvalue weighted by molar-refractivity contribution is 0.185. The number of aryl methyl sites for hydroxylation is 1. The van der Waals surface area contributed by atoms with Crippen LogP contribution in [0, 0.1) is 6.92 Å². The summed E-state index contributed by atoms with van der Waals surface area (Å²) in [6, 6.07) is 14.3. The van der Waals surface area contributed by atoms with Gasteiger partial charge in [0.2, 0.25) is 10.0 Å². The Morgan fingerprint density at radius 3 is 2.67 bits per heavy atom. The lowest BCUT2D eigenvalue weighted by atomic mass is 10.2. The van der Waals surface area contributed by atoms with Crippen LogP contribution in [0.2, 0.25) is 0 Å². The molecule has 0 unspecified atom stereocenters. The first-order valence-corrected chi connectivity index (χ1v) is 11.1. The molecule has 140 valence electrons. The molecule has 0 aliphatic carbocycles. The molecule has 0 N–H and O–H groups in total. The lowest BCUT2D eigenvalue weighted by Crippen LogP contribution is -2.53. The zero-order valence-corrected chi connectivity index (χ0v) is 16.4. The molecule has 1 saturated heterocycles. The highest BCUT2D eigenvalue weighted by Crippen LogP contribution is 2.26. The van der Waals surface area contributed by atoms with Crippen LogP contribution in [0.4, 0.5) is 0 Å². The Labute approximate surface area is 161 Å². The number of aromatic nitrogens is 2. The van der Waals surface area contributed by atoms with Crippen LogP contribution in [0.5, 0.6) is 0 Å². The normalized spacial score (nSPS) is 15.6. The second-order valence-corrected chi connectivity index (χ2v) is 9.61. The molecule has 0 amide bonds. The minimum absolute atomic E-state index is 0.0288. The van der Waals surface area contributed by atoms with Crippen molar-refractivity contribution in [2.75, 3.05) is 13.1 Å². The Kier molecular flexibility index (Phi) is 4.71. The predicted molar refractivity (Wildman–Crippen MR) is 106 cm³/mol. The molecule has 6 nitrogen and oxygen atoms in total. The van der Waals surface area contributed by atoms with Crippen LogP contribution in [0.25, 0.3) is 10.6 Å². The minimum atomic E-state index is -3.41. The first kappa shape index (κ1) is 18.1. The molecule has 0 atom stereocenters. The highest BCUT2D eigenvalue weighted by atomic mass is 32.2. The summed E-state index contributed by atoms with van der Waals surface area (Å²) in [4.78, 5) is 13.2. The standard InChI is InChI=1S/C19H19N3O3S2/c1-14-4-2-5-15(10-14)13-27(24,25)21-11-16(12-21)22-19(23)8-7-17(20-22)18-6-3-9-26-18/h2-10,16H,11-13H2,1H3. The molecule has 0 spiro atoms. The summed E-state index contributed by atoms with van der Waals surface area (Å²) < 4.78 is 28.1. The molecule has 1 aliphatic rings. The number of rotatable bonds is 5. The SMILES string of the molecule is Cc1cccc(CS(=O)(=O)N2CC(n3nc(-c4cccs4)ccc3=O)C2)c1. The molecular weight excluding hydrogens is 382 g/mol. The highest BCUT2D eigenvalue weighted by Gasteiger charge is 2.37. The molecule has 0 radical (unpaired) electrons. The Hall–Kier alpha value is -2.29. The number of sulfonamides is 1. The summed E-state index contributed by atoms with van der Waals surface area (Å²) in [7, 11) is -3.41. The molecule has 0 bridgehead atoms. The molecule has 1 aliphatic heterocycles. The molecule has 4 rings (SSSR count). The Balaban J connectivity index is 1.49. The van der Waals surface area contributed by atoms with E-state index in [0.717, 1.165) is 21.7 Å². The van der Waals surface area contributed by atoms with Crippen molar-refractivity contribution in [1.29, 1.82) is 0 Å². The van der Waals surface area contributed by atoms with E-state index in [1.54, 1.807) is 17.4 Å². The fourth-order valence-corrected chi connectivity index (χ4v) is 5.42. The summed E-state index contributed by atoms with van der Waals surface area (Å²) in [5.41, 5.74) is 2.32. The van der Waals surface area contributed by atoms with Crippen LogP contribution in [0.15, 0.2) is 58.7 Å².